The molecule has 0 aromatic heterocycles. The van der Waals surface area contributed by atoms with E-state index in [1.54, 1.807) is 44.6 Å². The molecule has 0 saturated carbocycles. The van der Waals surface area contributed by atoms with Crippen molar-refractivity contribution < 1.29 is 23.0 Å². The second-order valence-electron chi connectivity index (χ2n) is 5.23. The molecule has 0 saturated heterocycles. The number of methoxy groups -OCH3 is 2. The van der Waals surface area contributed by atoms with Crippen molar-refractivity contribution in [1.29, 1.82) is 0 Å². The number of guanidine groups is 1. The summed E-state index contributed by atoms with van der Waals surface area (Å²) in [5.74, 6) is 1.51. The van der Waals surface area contributed by atoms with E-state index in [9.17, 15) is 8.78 Å². The van der Waals surface area contributed by atoms with Gasteiger partial charge in [-0.05, 0) is 23.8 Å². The Kier molecular flexibility index (Phi) is 7.02. The minimum absolute atomic E-state index is 0.0997. The van der Waals surface area contributed by atoms with Gasteiger partial charge in [-0.1, -0.05) is 24.3 Å². The summed E-state index contributed by atoms with van der Waals surface area (Å²) in [6.07, 6.45) is 0. The predicted molar refractivity (Wildman–Crippen MR) is 94.8 cm³/mol. The van der Waals surface area contributed by atoms with Crippen LogP contribution in [0, 0.1) is 0 Å². The Bertz CT molecular complexity index is 754. The van der Waals surface area contributed by atoms with Gasteiger partial charge in [0.25, 0.3) is 0 Å². The van der Waals surface area contributed by atoms with Crippen LogP contribution in [0.15, 0.2) is 47.5 Å². The second kappa shape index (κ2) is 9.45. The van der Waals surface area contributed by atoms with Crippen LogP contribution in [-0.2, 0) is 13.1 Å². The molecular formula is C18H21F2N3O3. The van der Waals surface area contributed by atoms with Gasteiger partial charge >= 0.3 is 6.61 Å². The fourth-order valence-corrected chi connectivity index (χ4v) is 2.26. The fraction of sp³-hybridized carbons (Fsp3) is 0.278. The van der Waals surface area contributed by atoms with Crippen LogP contribution in [0.25, 0.3) is 0 Å². The lowest BCUT2D eigenvalue weighted by atomic mass is 10.2. The Hall–Kier alpha value is -3.03. The average Bonchev–Trinajstić information content (AvgIpc) is 2.64. The third-order valence-electron chi connectivity index (χ3n) is 3.53. The minimum Gasteiger partial charge on any atom is -0.493 e. The number of rotatable bonds is 8. The first-order valence-electron chi connectivity index (χ1n) is 7.81. The molecule has 3 N–H and O–H groups in total. The van der Waals surface area contributed by atoms with Crippen molar-refractivity contribution in [2.75, 3.05) is 14.2 Å². The summed E-state index contributed by atoms with van der Waals surface area (Å²) in [5, 5.41) is 2.88. The number of hydrogen-bond donors (Lipinski definition) is 2. The number of ether oxygens (including phenoxy) is 3. The quantitative estimate of drug-likeness (QED) is 0.556. The molecule has 0 unspecified atom stereocenters. The van der Waals surface area contributed by atoms with E-state index in [1.165, 1.54) is 6.07 Å². The van der Waals surface area contributed by atoms with Crippen molar-refractivity contribution in [2.24, 2.45) is 10.7 Å². The lowest BCUT2D eigenvalue weighted by molar-refractivity contribution is -0.0504. The maximum absolute atomic E-state index is 12.4. The number of nitrogens with one attached hydrogen (secondary N) is 1. The van der Waals surface area contributed by atoms with E-state index in [0.717, 1.165) is 5.56 Å². The molecule has 0 radical (unpaired) electrons. The maximum Gasteiger partial charge on any atom is 0.387 e. The summed E-state index contributed by atoms with van der Waals surface area (Å²) in [5.41, 5.74) is 7.28. The minimum atomic E-state index is -2.88. The van der Waals surface area contributed by atoms with E-state index in [1.807, 2.05) is 6.07 Å². The average molecular weight is 365 g/mol. The van der Waals surface area contributed by atoms with Crippen molar-refractivity contribution in [3.8, 4) is 17.2 Å². The molecule has 0 amide bonds. The molecule has 140 valence electrons. The van der Waals surface area contributed by atoms with Gasteiger partial charge in [0.1, 0.15) is 5.75 Å². The van der Waals surface area contributed by atoms with Gasteiger partial charge in [0.05, 0.1) is 20.8 Å². The monoisotopic (exact) mass is 365 g/mol. The molecule has 2 aromatic rings. The third kappa shape index (κ3) is 5.51. The Balaban J connectivity index is 1.97. The van der Waals surface area contributed by atoms with E-state index in [4.69, 9.17) is 15.2 Å². The highest BCUT2D eigenvalue weighted by atomic mass is 19.3. The zero-order valence-electron chi connectivity index (χ0n) is 14.5. The highest BCUT2D eigenvalue weighted by molar-refractivity contribution is 5.77. The van der Waals surface area contributed by atoms with Crippen LogP contribution in [0.4, 0.5) is 8.78 Å². The molecule has 6 nitrogen and oxygen atoms in total. The predicted octanol–water partition coefficient (Wildman–Crippen LogP) is 2.91. The first kappa shape index (κ1) is 19.3. The van der Waals surface area contributed by atoms with Crippen LogP contribution < -0.4 is 25.3 Å². The number of halogens is 2. The van der Waals surface area contributed by atoms with Crippen LogP contribution in [0.3, 0.4) is 0 Å². The summed E-state index contributed by atoms with van der Waals surface area (Å²) in [6.45, 7) is -2.34. The number of hydrogen-bond acceptors (Lipinski definition) is 4. The van der Waals surface area contributed by atoms with Gasteiger partial charge in [-0.2, -0.15) is 8.78 Å². The Morgan fingerprint density at radius 1 is 1.08 bits per heavy atom. The molecule has 0 aliphatic rings. The van der Waals surface area contributed by atoms with E-state index in [-0.39, 0.29) is 18.3 Å². The molecule has 8 heteroatoms. The Morgan fingerprint density at radius 2 is 1.81 bits per heavy atom. The van der Waals surface area contributed by atoms with Gasteiger partial charge in [-0.25, -0.2) is 4.99 Å². The summed E-state index contributed by atoms with van der Waals surface area (Å²) >= 11 is 0. The zero-order valence-corrected chi connectivity index (χ0v) is 14.5. The molecular weight excluding hydrogens is 344 g/mol. The molecule has 0 fully saturated rings. The molecule has 0 spiro atoms. The lowest BCUT2D eigenvalue weighted by Gasteiger charge is -2.12. The molecule has 0 bridgehead atoms. The second-order valence-corrected chi connectivity index (χ2v) is 5.23. The first-order chi connectivity index (χ1) is 12.5. The first-order valence-corrected chi connectivity index (χ1v) is 7.81. The summed E-state index contributed by atoms with van der Waals surface area (Å²) < 4.78 is 39.7. The van der Waals surface area contributed by atoms with E-state index >= 15 is 0 Å². The summed E-state index contributed by atoms with van der Waals surface area (Å²) in [6, 6.07) is 11.9. The van der Waals surface area contributed by atoms with E-state index < -0.39 is 6.61 Å². The van der Waals surface area contributed by atoms with Crippen molar-refractivity contribution in [3.05, 3.63) is 53.6 Å². The highest BCUT2D eigenvalue weighted by Crippen LogP contribution is 2.27. The fourth-order valence-electron chi connectivity index (χ4n) is 2.26. The molecule has 0 atom stereocenters. The number of alkyl halides is 2. The molecule has 2 rings (SSSR count). The third-order valence-corrected chi connectivity index (χ3v) is 3.53. The zero-order chi connectivity index (χ0) is 18.9. The lowest BCUT2D eigenvalue weighted by Crippen LogP contribution is -2.31. The summed E-state index contributed by atoms with van der Waals surface area (Å²) in [7, 11) is 3.12. The van der Waals surface area contributed by atoms with Gasteiger partial charge in [-0.15, -0.1) is 0 Å². The highest BCUT2D eigenvalue weighted by Gasteiger charge is 2.09. The van der Waals surface area contributed by atoms with Gasteiger partial charge in [0, 0.05) is 12.1 Å². The van der Waals surface area contributed by atoms with Gasteiger partial charge in [0.2, 0.25) is 0 Å². The standard InChI is InChI=1S/C18H21F2N3O3/c1-24-15-8-7-12(9-16(15)25-2)10-22-18(21)23-11-13-5-3-4-6-14(13)26-17(19)20/h3-9,17H,10-11H2,1-2H3,(H3,21,22,23). The molecule has 26 heavy (non-hydrogen) atoms. The van der Waals surface area contributed by atoms with E-state index in [2.05, 4.69) is 15.0 Å². The number of nitrogens with two attached hydrogens (primary N) is 1. The number of benzene rings is 2. The van der Waals surface area contributed by atoms with Crippen LogP contribution >= 0.6 is 0 Å². The van der Waals surface area contributed by atoms with Crippen molar-refractivity contribution in [1.82, 2.24) is 5.32 Å². The van der Waals surface area contributed by atoms with Crippen LogP contribution in [-0.4, -0.2) is 26.8 Å². The smallest absolute Gasteiger partial charge is 0.387 e. The van der Waals surface area contributed by atoms with Crippen molar-refractivity contribution in [2.45, 2.75) is 19.7 Å². The Labute approximate surface area is 150 Å². The topological polar surface area (TPSA) is 78.1 Å². The maximum atomic E-state index is 12.4. The largest absolute Gasteiger partial charge is 0.493 e. The SMILES string of the molecule is COc1ccc(CN=C(N)NCc2ccccc2OC(F)F)cc1OC. The molecule has 0 aliphatic heterocycles. The normalized spacial score (nSPS) is 11.3. The van der Waals surface area contributed by atoms with Crippen LogP contribution in [0.2, 0.25) is 0 Å². The van der Waals surface area contributed by atoms with Crippen LogP contribution in [0.1, 0.15) is 11.1 Å². The number of para-hydroxylation sites is 1. The Morgan fingerprint density at radius 3 is 2.50 bits per heavy atom. The summed E-state index contributed by atoms with van der Waals surface area (Å²) in [4.78, 5) is 4.23. The van der Waals surface area contributed by atoms with Crippen molar-refractivity contribution >= 4 is 5.96 Å². The molecule has 0 heterocycles. The molecule has 2 aromatic carbocycles. The van der Waals surface area contributed by atoms with Gasteiger partial charge in [-0.3, -0.25) is 0 Å². The number of aliphatic imine (C=N–C) groups is 1. The molecule has 0 aliphatic carbocycles. The van der Waals surface area contributed by atoms with E-state index in [0.29, 0.717) is 23.6 Å². The van der Waals surface area contributed by atoms with Crippen LogP contribution in [0.5, 0.6) is 17.2 Å². The van der Waals surface area contributed by atoms with Gasteiger partial charge < -0.3 is 25.3 Å². The number of nitrogens with zero attached hydrogens (tertiary/aromatic N) is 1. The van der Waals surface area contributed by atoms with Crippen molar-refractivity contribution in [3.63, 3.8) is 0 Å². The van der Waals surface area contributed by atoms with Gasteiger partial charge in [0.15, 0.2) is 17.5 Å².